The average Bonchev–Trinajstić information content (AvgIpc) is 2.74. The lowest BCUT2D eigenvalue weighted by Crippen LogP contribution is -2.34. The number of fused-ring (bicyclic) bond motifs is 1. The molecule has 1 unspecified atom stereocenters. The maximum atomic E-state index is 11.6. The third-order valence-corrected chi connectivity index (χ3v) is 4.31. The van der Waals surface area contributed by atoms with Crippen LogP contribution in [-0.2, 0) is 6.42 Å². The molecule has 0 aliphatic carbocycles. The summed E-state index contributed by atoms with van der Waals surface area (Å²) < 4.78 is 5.75. The lowest BCUT2D eigenvalue weighted by Gasteiger charge is -2.26. The van der Waals surface area contributed by atoms with Crippen molar-refractivity contribution < 1.29 is 14.7 Å². The molecule has 0 saturated heterocycles. The number of carbonyl (C=O) groups is 1. The van der Waals surface area contributed by atoms with E-state index in [0.29, 0.717) is 24.5 Å². The van der Waals surface area contributed by atoms with Gasteiger partial charge in [-0.25, -0.2) is 15.4 Å². The number of hydrogen-bond donors (Lipinski definition) is 3. The molecule has 1 aromatic carbocycles. The molecule has 0 radical (unpaired) electrons. The molecule has 0 fully saturated rings. The molecule has 1 aliphatic rings. The number of amides is 1. The molecule has 1 aliphatic heterocycles. The van der Waals surface area contributed by atoms with E-state index in [2.05, 4.69) is 20.3 Å². The van der Waals surface area contributed by atoms with Crippen molar-refractivity contribution in [2.24, 2.45) is 0 Å². The van der Waals surface area contributed by atoms with Crippen molar-refractivity contribution in [2.45, 2.75) is 12.5 Å². The van der Waals surface area contributed by atoms with Crippen LogP contribution in [0.15, 0.2) is 55.1 Å². The largest absolute Gasteiger partial charge is 0.491 e. The molecule has 2 aromatic heterocycles. The molecule has 3 aromatic rings. The van der Waals surface area contributed by atoms with Gasteiger partial charge in [0.15, 0.2) is 0 Å². The normalized spacial score (nSPS) is 15.4. The minimum Gasteiger partial charge on any atom is -0.491 e. The molecule has 1 atom stereocenters. The summed E-state index contributed by atoms with van der Waals surface area (Å²) >= 11 is 0. The van der Waals surface area contributed by atoms with Crippen molar-refractivity contribution in [3.63, 3.8) is 0 Å². The van der Waals surface area contributed by atoms with Crippen LogP contribution in [-0.4, -0.2) is 38.7 Å². The van der Waals surface area contributed by atoms with Gasteiger partial charge in [-0.05, 0) is 36.2 Å². The summed E-state index contributed by atoms with van der Waals surface area (Å²) in [6.45, 7) is 0.465. The highest BCUT2D eigenvalue weighted by Gasteiger charge is 2.21. The van der Waals surface area contributed by atoms with Gasteiger partial charge in [0, 0.05) is 41.5 Å². The lowest BCUT2D eigenvalue weighted by atomic mass is 10.00. The minimum atomic E-state index is -0.554. The SMILES string of the molecule is O=C(NO)c1ccc2c(c1)CC(Nc1ncc(-c3cccnc3)cn1)CO2. The second kappa shape index (κ2) is 7.38. The van der Waals surface area contributed by atoms with E-state index in [1.807, 2.05) is 12.1 Å². The Hall–Kier alpha value is -3.52. The number of carbonyl (C=O) groups excluding carboxylic acids is 1. The summed E-state index contributed by atoms with van der Waals surface area (Å²) in [7, 11) is 0. The fraction of sp³-hybridized carbons (Fsp3) is 0.158. The van der Waals surface area contributed by atoms with E-state index in [9.17, 15) is 4.79 Å². The van der Waals surface area contributed by atoms with Crippen LogP contribution in [0, 0.1) is 0 Å². The first kappa shape index (κ1) is 16.9. The summed E-state index contributed by atoms with van der Waals surface area (Å²) in [6.07, 6.45) is 7.62. The third-order valence-electron chi connectivity index (χ3n) is 4.31. The van der Waals surface area contributed by atoms with Gasteiger partial charge < -0.3 is 10.1 Å². The van der Waals surface area contributed by atoms with Crippen LogP contribution in [0.4, 0.5) is 5.95 Å². The monoisotopic (exact) mass is 363 g/mol. The second-order valence-electron chi connectivity index (χ2n) is 6.16. The zero-order valence-corrected chi connectivity index (χ0v) is 14.3. The van der Waals surface area contributed by atoms with Gasteiger partial charge in [0.05, 0.1) is 6.04 Å². The van der Waals surface area contributed by atoms with Gasteiger partial charge in [-0.3, -0.25) is 15.0 Å². The van der Waals surface area contributed by atoms with Crippen LogP contribution >= 0.6 is 0 Å². The predicted octanol–water partition coefficient (Wildman–Crippen LogP) is 2.07. The van der Waals surface area contributed by atoms with Gasteiger partial charge in [-0.15, -0.1) is 0 Å². The Morgan fingerprint density at radius 2 is 2.00 bits per heavy atom. The first-order valence-corrected chi connectivity index (χ1v) is 8.42. The average molecular weight is 363 g/mol. The van der Waals surface area contributed by atoms with E-state index in [1.165, 1.54) is 0 Å². The molecule has 3 N–H and O–H groups in total. The number of benzene rings is 1. The number of hydroxylamine groups is 1. The van der Waals surface area contributed by atoms with E-state index in [-0.39, 0.29) is 6.04 Å². The molecule has 0 bridgehead atoms. The summed E-state index contributed by atoms with van der Waals surface area (Å²) in [6, 6.07) is 8.83. The third kappa shape index (κ3) is 3.70. The first-order valence-electron chi connectivity index (χ1n) is 8.42. The summed E-state index contributed by atoms with van der Waals surface area (Å²) in [4.78, 5) is 24.4. The molecule has 8 heteroatoms. The Bertz CT molecular complexity index is 947. The Balaban J connectivity index is 1.46. The molecule has 4 rings (SSSR count). The minimum absolute atomic E-state index is 0.0332. The molecule has 1 amide bonds. The van der Waals surface area contributed by atoms with Gasteiger partial charge in [0.25, 0.3) is 5.91 Å². The van der Waals surface area contributed by atoms with Crippen LogP contribution in [0.5, 0.6) is 5.75 Å². The Morgan fingerprint density at radius 1 is 1.15 bits per heavy atom. The van der Waals surface area contributed by atoms with E-state index < -0.39 is 5.91 Å². The lowest BCUT2D eigenvalue weighted by molar-refractivity contribution is 0.0706. The Morgan fingerprint density at radius 3 is 2.74 bits per heavy atom. The maximum absolute atomic E-state index is 11.6. The first-order chi connectivity index (χ1) is 13.2. The summed E-state index contributed by atoms with van der Waals surface area (Å²) in [5.41, 5.74) is 4.73. The predicted molar refractivity (Wildman–Crippen MR) is 97.6 cm³/mol. The summed E-state index contributed by atoms with van der Waals surface area (Å²) in [5.74, 6) is 0.682. The van der Waals surface area contributed by atoms with E-state index in [1.54, 1.807) is 48.5 Å². The molecule has 136 valence electrons. The van der Waals surface area contributed by atoms with Crippen LogP contribution in [0.25, 0.3) is 11.1 Å². The standard InChI is InChI=1S/C19H17N5O3/c25-18(24-26)12-3-4-17-14(6-12)7-16(11-27-17)23-19-21-9-15(10-22-19)13-2-1-5-20-8-13/h1-6,8-10,16,26H,7,11H2,(H,24,25)(H,21,22,23). The van der Waals surface area contributed by atoms with Crippen molar-refractivity contribution in [1.29, 1.82) is 0 Å². The van der Waals surface area contributed by atoms with Crippen LogP contribution in [0.3, 0.4) is 0 Å². The van der Waals surface area contributed by atoms with E-state index >= 15 is 0 Å². The van der Waals surface area contributed by atoms with Crippen molar-refractivity contribution in [2.75, 3.05) is 11.9 Å². The molecule has 3 heterocycles. The maximum Gasteiger partial charge on any atom is 0.274 e. The highest BCUT2D eigenvalue weighted by atomic mass is 16.5. The van der Waals surface area contributed by atoms with Crippen molar-refractivity contribution in [1.82, 2.24) is 20.4 Å². The number of anilines is 1. The topological polar surface area (TPSA) is 109 Å². The van der Waals surface area contributed by atoms with Crippen molar-refractivity contribution in [3.05, 3.63) is 66.2 Å². The van der Waals surface area contributed by atoms with E-state index in [4.69, 9.17) is 9.94 Å². The van der Waals surface area contributed by atoms with Crippen molar-refractivity contribution in [3.8, 4) is 16.9 Å². The van der Waals surface area contributed by atoms with Gasteiger partial charge in [-0.2, -0.15) is 0 Å². The number of nitrogens with zero attached hydrogens (tertiary/aromatic N) is 3. The molecule has 0 saturated carbocycles. The van der Waals surface area contributed by atoms with Gasteiger partial charge in [0.1, 0.15) is 12.4 Å². The molecule has 0 spiro atoms. The number of nitrogens with one attached hydrogen (secondary N) is 2. The van der Waals surface area contributed by atoms with Gasteiger partial charge >= 0.3 is 0 Å². The van der Waals surface area contributed by atoms with Crippen molar-refractivity contribution >= 4 is 11.9 Å². The Kier molecular flexibility index (Phi) is 4.63. The van der Waals surface area contributed by atoms with Crippen LogP contribution < -0.4 is 15.5 Å². The number of ether oxygens (including phenoxy) is 1. The number of pyridine rings is 1. The van der Waals surface area contributed by atoms with E-state index in [0.717, 1.165) is 22.4 Å². The molecule has 27 heavy (non-hydrogen) atoms. The second-order valence-corrected chi connectivity index (χ2v) is 6.16. The summed E-state index contributed by atoms with van der Waals surface area (Å²) in [5, 5.41) is 12.0. The highest BCUT2D eigenvalue weighted by molar-refractivity contribution is 5.93. The molecular formula is C19H17N5O3. The molecular weight excluding hydrogens is 346 g/mol. The zero-order valence-electron chi connectivity index (χ0n) is 14.3. The van der Waals surface area contributed by atoms with Crippen LogP contribution in [0.1, 0.15) is 15.9 Å². The van der Waals surface area contributed by atoms with Gasteiger partial charge in [-0.1, -0.05) is 6.07 Å². The number of hydrogen-bond acceptors (Lipinski definition) is 7. The smallest absolute Gasteiger partial charge is 0.274 e. The highest BCUT2D eigenvalue weighted by Crippen LogP contribution is 2.27. The fourth-order valence-corrected chi connectivity index (χ4v) is 2.96. The van der Waals surface area contributed by atoms with Crippen LogP contribution in [0.2, 0.25) is 0 Å². The molecule has 8 nitrogen and oxygen atoms in total. The zero-order chi connectivity index (χ0) is 18.6. The number of aromatic nitrogens is 3. The quantitative estimate of drug-likeness (QED) is 0.481. The Labute approximate surface area is 155 Å². The number of rotatable bonds is 4. The fourth-order valence-electron chi connectivity index (χ4n) is 2.96. The van der Waals surface area contributed by atoms with Gasteiger partial charge in [0.2, 0.25) is 5.95 Å².